The molecule has 1 heterocycles. The summed E-state index contributed by atoms with van der Waals surface area (Å²) in [6, 6.07) is 0. The van der Waals surface area contributed by atoms with Crippen LogP contribution in [0.2, 0.25) is 0 Å². The largest absolute Gasteiger partial charge is 0.394 e. The number of fused-ring (bicyclic) bond motifs is 5. The van der Waals surface area contributed by atoms with Crippen LogP contribution in [0.5, 0.6) is 0 Å². The van der Waals surface area contributed by atoms with Gasteiger partial charge in [-0.1, -0.05) is 46.3 Å². The van der Waals surface area contributed by atoms with E-state index < -0.39 is 66.6 Å². The fourth-order valence-electron chi connectivity index (χ4n) is 12.0. The van der Waals surface area contributed by atoms with Crippen molar-refractivity contribution in [1.29, 1.82) is 0 Å². The number of hydrogen-bond donors (Lipinski definition) is 7. The van der Waals surface area contributed by atoms with Gasteiger partial charge in [0.15, 0.2) is 6.29 Å². The summed E-state index contributed by atoms with van der Waals surface area (Å²) in [4.78, 5) is 0. The SMILES string of the molecule is CC(C)=CCCC(C)(OC1OC(CO)C(O)C(O)C1O)C1CCC2(C)C1C(O)CC1C3(C)CC(O)C(O)C(C)(C)C3CCC12C. The molecule has 0 bridgehead atoms. The summed E-state index contributed by atoms with van der Waals surface area (Å²) in [7, 11) is 0. The van der Waals surface area contributed by atoms with E-state index in [0.717, 1.165) is 32.1 Å². The summed E-state index contributed by atoms with van der Waals surface area (Å²) in [5.41, 5.74) is -0.670. The standard InChI is InChI=1S/C36H62O9/c1-19(2)10-9-13-36(8,45-31-29(42)28(41)27(40)23(18-37)44-31)20-11-14-35(7)26(20)21(38)16-25-33(5)17-22(39)30(43)32(3,4)24(33)12-15-34(25,35)6/h10,20-31,37-43H,9,11-18H2,1-8H3. The lowest BCUT2D eigenvalue weighted by Gasteiger charge is -2.71. The highest BCUT2D eigenvalue weighted by Gasteiger charge is 2.72. The van der Waals surface area contributed by atoms with Gasteiger partial charge < -0.3 is 45.2 Å². The molecule has 0 amide bonds. The van der Waals surface area contributed by atoms with Crippen molar-refractivity contribution in [1.82, 2.24) is 0 Å². The van der Waals surface area contributed by atoms with Crippen molar-refractivity contribution < 1.29 is 45.2 Å². The maximum absolute atomic E-state index is 12.2. The molecule has 5 rings (SSSR count). The fourth-order valence-corrected chi connectivity index (χ4v) is 12.0. The molecule has 0 aromatic carbocycles. The van der Waals surface area contributed by atoms with Gasteiger partial charge in [-0.15, -0.1) is 0 Å². The minimum absolute atomic E-state index is 0.0751. The van der Waals surface area contributed by atoms with E-state index >= 15 is 0 Å². The Morgan fingerprint density at radius 2 is 1.51 bits per heavy atom. The van der Waals surface area contributed by atoms with Crippen molar-refractivity contribution in [3.05, 3.63) is 11.6 Å². The van der Waals surface area contributed by atoms with Gasteiger partial charge in [0.25, 0.3) is 0 Å². The number of rotatable bonds is 7. The van der Waals surface area contributed by atoms with Crippen LogP contribution in [0.1, 0.15) is 107 Å². The third-order valence-electron chi connectivity index (χ3n) is 14.5. The van der Waals surface area contributed by atoms with Crippen LogP contribution in [0.15, 0.2) is 11.6 Å². The van der Waals surface area contributed by atoms with Crippen molar-refractivity contribution >= 4 is 0 Å². The summed E-state index contributed by atoms with van der Waals surface area (Å²) in [6.45, 7) is 16.8. The lowest BCUT2D eigenvalue weighted by atomic mass is 9.35. The first-order valence-electron chi connectivity index (χ1n) is 17.4. The Morgan fingerprint density at radius 1 is 0.867 bits per heavy atom. The van der Waals surface area contributed by atoms with Gasteiger partial charge in [-0.2, -0.15) is 0 Å². The average molecular weight is 639 g/mol. The fraction of sp³-hybridized carbons (Fsp3) is 0.944. The predicted molar refractivity (Wildman–Crippen MR) is 170 cm³/mol. The van der Waals surface area contributed by atoms with Gasteiger partial charge in [0.05, 0.1) is 30.5 Å². The Hall–Kier alpha value is -0.620. The van der Waals surface area contributed by atoms with Crippen LogP contribution in [0.4, 0.5) is 0 Å². The van der Waals surface area contributed by atoms with E-state index in [-0.39, 0.29) is 39.9 Å². The minimum atomic E-state index is -1.53. The summed E-state index contributed by atoms with van der Waals surface area (Å²) < 4.78 is 12.6. The van der Waals surface area contributed by atoms with Crippen LogP contribution >= 0.6 is 0 Å². The van der Waals surface area contributed by atoms with Crippen LogP contribution in [-0.4, -0.2) is 97.0 Å². The quantitative estimate of drug-likeness (QED) is 0.208. The van der Waals surface area contributed by atoms with E-state index in [1.165, 1.54) is 5.57 Å². The van der Waals surface area contributed by atoms with Crippen molar-refractivity contribution in [3.63, 3.8) is 0 Å². The molecule has 1 saturated heterocycles. The Bertz CT molecular complexity index is 1110. The molecule has 16 unspecified atom stereocenters. The number of aliphatic hydroxyl groups excluding tert-OH is 7. The minimum Gasteiger partial charge on any atom is -0.394 e. The molecule has 0 spiro atoms. The lowest BCUT2D eigenvalue weighted by molar-refractivity contribution is -0.336. The highest BCUT2D eigenvalue weighted by molar-refractivity contribution is 5.21. The molecule has 0 aromatic rings. The molecule has 260 valence electrons. The Labute approximate surface area is 270 Å². The Kier molecular flexibility index (Phi) is 9.56. The van der Waals surface area contributed by atoms with E-state index in [2.05, 4.69) is 40.7 Å². The molecule has 16 atom stereocenters. The highest BCUT2D eigenvalue weighted by Crippen LogP contribution is 2.76. The average Bonchev–Trinajstić information content (AvgIpc) is 3.34. The van der Waals surface area contributed by atoms with Gasteiger partial charge in [-0.3, -0.25) is 0 Å². The highest BCUT2D eigenvalue weighted by atomic mass is 16.7. The van der Waals surface area contributed by atoms with Gasteiger partial charge in [-0.25, -0.2) is 0 Å². The van der Waals surface area contributed by atoms with Gasteiger partial charge >= 0.3 is 0 Å². The third-order valence-corrected chi connectivity index (χ3v) is 14.5. The van der Waals surface area contributed by atoms with Crippen LogP contribution in [-0.2, 0) is 9.47 Å². The zero-order valence-corrected chi connectivity index (χ0v) is 28.8. The van der Waals surface area contributed by atoms with Crippen molar-refractivity contribution in [2.75, 3.05) is 6.61 Å². The first-order chi connectivity index (χ1) is 20.8. The molecular formula is C36H62O9. The summed E-state index contributed by atoms with van der Waals surface area (Å²) >= 11 is 0. The van der Waals surface area contributed by atoms with Crippen LogP contribution in [0.3, 0.4) is 0 Å². The second-order valence-electron chi connectivity index (χ2n) is 17.4. The van der Waals surface area contributed by atoms with Crippen LogP contribution in [0, 0.1) is 45.3 Å². The molecule has 7 N–H and O–H groups in total. The number of aliphatic hydroxyl groups is 7. The van der Waals surface area contributed by atoms with E-state index in [0.29, 0.717) is 19.3 Å². The molecule has 45 heavy (non-hydrogen) atoms. The van der Waals surface area contributed by atoms with Crippen LogP contribution in [0.25, 0.3) is 0 Å². The monoisotopic (exact) mass is 638 g/mol. The summed E-state index contributed by atoms with van der Waals surface area (Å²) in [5, 5.41) is 76.1. The van der Waals surface area contributed by atoms with Gasteiger partial charge in [0.2, 0.25) is 0 Å². The molecule has 9 heteroatoms. The molecule has 1 aliphatic heterocycles. The first kappa shape index (κ1) is 35.7. The maximum Gasteiger partial charge on any atom is 0.187 e. The van der Waals surface area contributed by atoms with Gasteiger partial charge in [-0.05, 0) is 117 Å². The molecule has 9 nitrogen and oxygen atoms in total. The second-order valence-corrected chi connectivity index (χ2v) is 17.4. The van der Waals surface area contributed by atoms with Crippen molar-refractivity contribution in [3.8, 4) is 0 Å². The predicted octanol–water partition coefficient (Wildman–Crippen LogP) is 3.30. The molecular weight excluding hydrogens is 576 g/mol. The summed E-state index contributed by atoms with van der Waals surface area (Å²) in [6.07, 6.45) is -0.682. The normalized spacial score (nSPS) is 52.2. The van der Waals surface area contributed by atoms with Gasteiger partial charge in [0.1, 0.15) is 24.4 Å². The molecule has 5 fully saturated rings. The Balaban J connectivity index is 1.50. The zero-order valence-electron chi connectivity index (χ0n) is 28.8. The van der Waals surface area contributed by atoms with Crippen molar-refractivity contribution in [2.24, 2.45) is 45.3 Å². The third kappa shape index (κ3) is 5.39. The van der Waals surface area contributed by atoms with Crippen LogP contribution < -0.4 is 0 Å². The molecule has 0 radical (unpaired) electrons. The maximum atomic E-state index is 12.2. The molecule has 0 aromatic heterocycles. The number of hydrogen-bond acceptors (Lipinski definition) is 9. The topological polar surface area (TPSA) is 160 Å². The molecule has 4 saturated carbocycles. The first-order valence-corrected chi connectivity index (χ1v) is 17.4. The smallest absolute Gasteiger partial charge is 0.187 e. The van der Waals surface area contributed by atoms with Crippen molar-refractivity contribution in [2.45, 2.75) is 161 Å². The lowest BCUT2D eigenvalue weighted by Crippen LogP contribution is -2.68. The second kappa shape index (κ2) is 12.1. The molecule has 5 aliphatic rings. The van der Waals surface area contributed by atoms with Gasteiger partial charge in [0, 0.05) is 0 Å². The van der Waals surface area contributed by atoms with E-state index in [1.54, 1.807) is 0 Å². The van der Waals surface area contributed by atoms with E-state index in [9.17, 15) is 35.7 Å². The zero-order chi connectivity index (χ0) is 33.5. The number of ether oxygens (including phenoxy) is 2. The molecule has 4 aliphatic carbocycles. The van der Waals surface area contributed by atoms with E-state index in [1.807, 2.05) is 20.8 Å². The summed E-state index contributed by atoms with van der Waals surface area (Å²) in [5.74, 6) is 0.236. The number of allylic oxidation sites excluding steroid dienone is 2. The van der Waals surface area contributed by atoms with E-state index in [4.69, 9.17) is 9.47 Å². The Morgan fingerprint density at radius 3 is 2.13 bits per heavy atom.